The number of aryl methyl sites for hydroxylation is 1. The lowest BCUT2D eigenvalue weighted by Gasteiger charge is -2.02. The van der Waals surface area contributed by atoms with E-state index in [4.69, 9.17) is 10.7 Å². The molecule has 4 heteroatoms. The van der Waals surface area contributed by atoms with Crippen LogP contribution in [0.15, 0.2) is 35.6 Å². The molecule has 0 unspecified atom stereocenters. The van der Waals surface area contributed by atoms with Crippen LogP contribution in [0.25, 0.3) is 5.41 Å². The Balaban J connectivity index is 0.00000119. The van der Waals surface area contributed by atoms with Gasteiger partial charge in [-0.2, -0.15) is 5.26 Å². The van der Waals surface area contributed by atoms with Gasteiger partial charge in [0.05, 0.1) is 6.19 Å². The number of hydrogen-bond acceptors (Lipinski definition) is 2. The lowest BCUT2D eigenvalue weighted by Crippen LogP contribution is -2.32. The number of pyridine rings is 1. The van der Waals surface area contributed by atoms with Gasteiger partial charge in [-0.25, -0.2) is 4.57 Å². The van der Waals surface area contributed by atoms with E-state index in [0.29, 0.717) is 0 Å². The number of aromatic nitrogens is 1. The molecule has 0 atom stereocenters. The van der Waals surface area contributed by atoms with Crippen LogP contribution in [0.2, 0.25) is 0 Å². The summed E-state index contributed by atoms with van der Waals surface area (Å²) in [6.45, 7) is 3.47. The van der Waals surface area contributed by atoms with E-state index in [-0.39, 0.29) is 0 Å². The maximum Gasteiger partial charge on any atom is 0.168 e. The van der Waals surface area contributed by atoms with Crippen LogP contribution < -0.4 is 4.57 Å². The number of hydrogen-bond donors (Lipinski definition) is 0. The summed E-state index contributed by atoms with van der Waals surface area (Å²) in [5.41, 5.74) is 0. The quantitative estimate of drug-likeness (QED) is 0.147. The first-order valence-corrected chi connectivity index (χ1v) is 10.8. The van der Waals surface area contributed by atoms with Gasteiger partial charge in [0, 0.05) is 18.6 Å². The van der Waals surface area contributed by atoms with Crippen molar-refractivity contribution in [2.75, 3.05) is 0 Å². The third-order valence-electron chi connectivity index (χ3n) is 4.65. The first-order chi connectivity index (χ1) is 13.3. The molecule has 4 nitrogen and oxygen atoms in total. The van der Waals surface area contributed by atoms with E-state index in [1.165, 1.54) is 109 Å². The lowest BCUT2D eigenvalue weighted by molar-refractivity contribution is -0.697. The van der Waals surface area contributed by atoms with E-state index in [1.807, 2.05) is 0 Å². The van der Waals surface area contributed by atoms with Crippen LogP contribution in [0, 0.1) is 11.5 Å². The highest BCUT2D eigenvalue weighted by atomic mass is 14.9. The summed E-state index contributed by atoms with van der Waals surface area (Å²) >= 11 is 0. The third kappa shape index (κ3) is 20.2. The summed E-state index contributed by atoms with van der Waals surface area (Å²) in [4.78, 5) is 2.58. The molecule has 0 aromatic carbocycles. The van der Waals surface area contributed by atoms with Gasteiger partial charge < -0.3 is 10.4 Å². The van der Waals surface area contributed by atoms with Crippen LogP contribution in [-0.4, -0.2) is 6.01 Å². The Kier molecular flexibility index (Phi) is 20.4. The minimum atomic E-state index is 1.18. The second kappa shape index (κ2) is 22.1. The predicted molar refractivity (Wildman–Crippen MR) is 113 cm³/mol. The molecule has 0 N–H and O–H groups in total. The Bertz CT molecular complexity index is 501. The molecular formula is C23H38N4. The molecule has 1 heterocycles. The molecule has 0 fully saturated rings. The van der Waals surface area contributed by atoms with Crippen LogP contribution in [-0.2, 0) is 6.54 Å². The molecule has 0 aliphatic carbocycles. The van der Waals surface area contributed by atoms with Gasteiger partial charge in [-0.05, 0) is 6.42 Å². The zero-order valence-corrected chi connectivity index (χ0v) is 17.3. The van der Waals surface area contributed by atoms with E-state index < -0.39 is 0 Å². The largest absolute Gasteiger partial charge is 0.422 e. The van der Waals surface area contributed by atoms with E-state index in [0.717, 1.165) is 0 Å². The molecule has 0 saturated heterocycles. The van der Waals surface area contributed by atoms with E-state index in [2.05, 4.69) is 47.1 Å². The summed E-state index contributed by atoms with van der Waals surface area (Å²) in [5.74, 6) is 0. The molecule has 0 amide bonds. The van der Waals surface area contributed by atoms with Crippen molar-refractivity contribution in [2.45, 2.75) is 103 Å². The lowest BCUT2D eigenvalue weighted by atomic mass is 10.0. The van der Waals surface area contributed by atoms with Gasteiger partial charge in [-0.15, -0.1) is 6.01 Å². The highest BCUT2D eigenvalue weighted by Crippen LogP contribution is 2.12. The maximum absolute atomic E-state index is 7.43. The molecule has 1 aromatic rings. The average molecular weight is 371 g/mol. The van der Waals surface area contributed by atoms with Crippen LogP contribution in [0.1, 0.15) is 96.8 Å². The SMILES string of the molecule is CCCCCCCCCCCCCCCC[n+]1ccccc1.N#CN=C=[N-]. The van der Waals surface area contributed by atoms with Gasteiger partial charge >= 0.3 is 0 Å². The Morgan fingerprint density at radius 1 is 0.741 bits per heavy atom. The Hall–Kier alpha value is -1.98. The van der Waals surface area contributed by atoms with Crippen molar-refractivity contribution >= 4 is 6.01 Å². The summed E-state index contributed by atoms with van der Waals surface area (Å²) in [6.07, 6.45) is 25.7. The van der Waals surface area contributed by atoms with Crippen molar-refractivity contribution in [1.29, 1.82) is 5.26 Å². The van der Waals surface area contributed by atoms with Gasteiger partial charge in [0.2, 0.25) is 0 Å². The summed E-state index contributed by atoms with van der Waals surface area (Å²) in [5, 5.41) is 14.9. The number of unbranched alkanes of at least 4 members (excludes halogenated alkanes) is 13. The zero-order valence-electron chi connectivity index (χ0n) is 17.3. The molecule has 0 aliphatic rings. The van der Waals surface area contributed by atoms with Crippen molar-refractivity contribution in [3.05, 3.63) is 36.0 Å². The fourth-order valence-electron chi connectivity index (χ4n) is 3.09. The standard InChI is InChI=1S/C21H38N.C2N3/c1-2-3-4-5-6-7-8-9-10-11-12-13-14-16-19-22-20-17-15-18-21-22;3-1-5-2-4/h15,17-18,20-21H,2-14,16,19H2,1H3;/q+1;-1. The van der Waals surface area contributed by atoms with Crippen LogP contribution >= 0.6 is 0 Å². The van der Waals surface area contributed by atoms with Crippen LogP contribution in [0.5, 0.6) is 0 Å². The van der Waals surface area contributed by atoms with E-state index in [1.54, 1.807) is 0 Å². The zero-order chi connectivity index (χ0) is 19.8. The molecule has 1 aromatic heterocycles. The molecule has 1 rings (SSSR count). The highest BCUT2D eigenvalue weighted by Gasteiger charge is 1.98. The molecule has 27 heavy (non-hydrogen) atoms. The average Bonchev–Trinajstić information content (AvgIpc) is 2.70. The summed E-state index contributed by atoms with van der Waals surface area (Å²) < 4.78 is 2.29. The number of nitrogens with zero attached hydrogens (tertiary/aromatic N) is 4. The number of nitriles is 1. The van der Waals surface area contributed by atoms with E-state index in [9.17, 15) is 0 Å². The Labute approximate surface area is 166 Å². The summed E-state index contributed by atoms with van der Waals surface area (Å²) in [7, 11) is 0. The molecule has 0 radical (unpaired) electrons. The van der Waals surface area contributed by atoms with Gasteiger partial charge in [0.15, 0.2) is 12.4 Å². The first kappa shape index (κ1) is 25.0. The fraction of sp³-hybridized carbons (Fsp3) is 0.696. The maximum atomic E-state index is 7.43. The van der Waals surface area contributed by atoms with Crippen molar-refractivity contribution in [3.8, 4) is 6.19 Å². The van der Waals surface area contributed by atoms with Crippen molar-refractivity contribution < 1.29 is 4.57 Å². The topological polar surface area (TPSA) is 62.3 Å². The monoisotopic (exact) mass is 370 g/mol. The molecule has 150 valence electrons. The number of rotatable bonds is 15. The van der Waals surface area contributed by atoms with Crippen LogP contribution in [0.3, 0.4) is 0 Å². The molecule has 0 spiro atoms. The Morgan fingerprint density at radius 3 is 1.56 bits per heavy atom. The van der Waals surface area contributed by atoms with Gasteiger partial charge in [0.25, 0.3) is 0 Å². The normalized spacial score (nSPS) is 9.63. The minimum absolute atomic E-state index is 1.18. The first-order valence-electron chi connectivity index (χ1n) is 10.8. The van der Waals surface area contributed by atoms with Gasteiger partial charge in [-0.3, -0.25) is 0 Å². The minimum Gasteiger partial charge on any atom is -0.422 e. The Morgan fingerprint density at radius 2 is 1.19 bits per heavy atom. The number of aliphatic imine (C=N–C) groups is 1. The second-order valence-corrected chi connectivity index (χ2v) is 7.02. The second-order valence-electron chi connectivity index (χ2n) is 7.02. The van der Waals surface area contributed by atoms with Crippen molar-refractivity contribution in [1.82, 2.24) is 0 Å². The van der Waals surface area contributed by atoms with Crippen LogP contribution in [0.4, 0.5) is 0 Å². The van der Waals surface area contributed by atoms with Crippen molar-refractivity contribution in [2.24, 2.45) is 4.99 Å². The summed E-state index contributed by atoms with van der Waals surface area (Å²) in [6, 6.07) is 7.60. The van der Waals surface area contributed by atoms with E-state index >= 15 is 0 Å². The third-order valence-corrected chi connectivity index (χ3v) is 4.65. The van der Waals surface area contributed by atoms with Gasteiger partial charge in [-0.1, -0.05) is 90.0 Å². The molecule has 0 bridgehead atoms. The smallest absolute Gasteiger partial charge is 0.168 e. The highest BCUT2D eigenvalue weighted by molar-refractivity contribution is 5.46. The fourth-order valence-corrected chi connectivity index (χ4v) is 3.09. The van der Waals surface area contributed by atoms with Gasteiger partial charge in [0.1, 0.15) is 6.54 Å². The molecule has 0 saturated carbocycles. The van der Waals surface area contributed by atoms with Crippen molar-refractivity contribution in [3.63, 3.8) is 0 Å². The molecular weight excluding hydrogens is 332 g/mol. The molecule has 0 aliphatic heterocycles. The predicted octanol–water partition coefficient (Wildman–Crippen LogP) is 6.67.